The summed E-state index contributed by atoms with van der Waals surface area (Å²) in [6.45, 7) is 0. The van der Waals surface area contributed by atoms with Crippen molar-refractivity contribution in [2.24, 2.45) is 0 Å². The van der Waals surface area contributed by atoms with Crippen molar-refractivity contribution in [3.8, 4) is 0 Å². The second-order valence-corrected chi connectivity index (χ2v) is 3.95. The molecule has 0 atom stereocenters. The van der Waals surface area contributed by atoms with Gasteiger partial charge in [0.2, 0.25) is 0 Å². The molecule has 0 radical (unpaired) electrons. The van der Waals surface area contributed by atoms with Gasteiger partial charge in [0.05, 0.1) is 17.9 Å². The molecule has 76 valence electrons. The van der Waals surface area contributed by atoms with Gasteiger partial charge in [-0.05, 0) is 11.6 Å². The Bertz CT molecular complexity index is 470. The summed E-state index contributed by atoms with van der Waals surface area (Å²) in [5, 5.41) is 0.606. The topological polar surface area (TPSA) is 42.9 Å². The average molecular weight is 239 g/mol. The molecule has 1 heterocycles. The molecule has 1 aromatic heterocycles. The second kappa shape index (κ2) is 4.51. The first kappa shape index (κ1) is 10.3. The summed E-state index contributed by atoms with van der Waals surface area (Å²) in [6, 6.07) is 7.29. The van der Waals surface area contributed by atoms with Crippen LogP contribution in [0.25, 0.3) is 0 Å². The van der Waals surface area contributed by atoms with Crippen molar-refractivity contribution in [1.82, 2.24) is 8.75 Å². The standard InChI is InChI=1S/C10H7ClN2OS/c11-8-4-2-1-3-7(8)5-10(14)9-6-12-15-13-9/h1-4,6H,5H2. The largest absolute Gasteiger partial charge is 0.292 e. The third-order valence-electron chi connectivity index (χ3n) is 1.96. The summed E-state index contributed by atoms with van der Waals surface area (Å²) in [5.41, 5.74) is 1.22. The molecule has 0 fully saturated rings. The minimum Gasteiger partial charge on any atom is -0.292 e. The number of nitrogens with zero attached hydrogens (tertiary/aromatic N) is 2. The van der Waals surface area contributed by atoms with E-state index in [-0.39, 0.29) is 12.2 Å². The zero-order chi connectivity index (χ0) is 10.7. The zero-order valence-electron chi connectivity index (χ0n) is 7.68. The van der Waals surface area contributed by atoms with Crippen molar-refractivity contribution >= 4 is 29.1 Å². The maximum absolute atomic E-state index is 11.7. The molecule has 5 heteroatoms. The fourth-order valence-electron chi connectivity index (χ4n) is 1.19. The first-order valence-electron chi connectivity index (χ1n) is 4.31. The number of rotatable bonds is 3. The quantitative estimate of drug-likeness (QED) is 0.772. The van der Waals surface area contributed by atoms with Crippen molar-refractivity contribution < 1.29 is 4.79 Å². The van der Waals surface area contributed by atoms with Crippen molar-refractivity contribution in [3.05, 3.63) is 46.7 Å². The Morgan fingerprint density at radius 3 is 2.87 bits per heavy atom. The van der Waals surface area contributed by atoms with Crippen LogP contribution < -0.4 is 0 Å². The Morgan fingerprint density at radius 2 is 2.20 bits per heavy atom. The molecule has 3 nitrogen and oxygen atoms in total. The molecule has 0 aliphatic heterocycles. The number of ketones is 1. The van der Waals surface area contributed by atoms with Crippen LogP contribution in [-0.4, -0.2) is 14.5 Å². The Hall–Kier alpha value is -1.26. The lowest BCUT2D eigenvalue weighted by atomic mass is 10.1. The number of carbonyl (C=O) groups excluding carboxylic acids is 1. The van der Waals surface area contributed by atoms with Crippen LogP contribution in [0.1, 0.15) is 16.1 Å². The molecule has 0 amide bonds. The molecule has 0 spiro atoms. The molecular formula is C10H7ClN2OS. The van der Waals surface area contributed by atoms with E-state index < -0.39 is 0 Å². The molecule has 0 bridgehead atoms. The number of hydrogen-bond acceptors (Lipinski definition) is 4. The molecule has 15 heavy (non-hydrogen) atoms. The van der Waals surface area contributed by atoms with Gasteiger partial charge in [-0.25, -0.2) is 0 Å². The van der Waals surface area contributed by atoms with Gasteiger partial charge in [-0.1, -0.05) is 29.8 Å². The molecular weight excluding hydrogens is 232 g/mol. The van der Waals surface area contributed by atoms with E-state index in [0.29, 0.717) is 10.7 Å². The number of benzene rings is 1. The maximum atomic E-state index is 11.7. The smallest absolute Gasteiger partial charge is 0.188 e. The number of halogens is 1. The lowest BCUT2D eigenvalue weighted by Crippen LogP contribution is -2.03. The minimum absolute atomic E-state index is 0.0585. The van der Waals surface area contributed by atoms with E-state index in [9.17, 15) is 4.79 Å². The highest BCUT2D eigenvalue weighted by molar-refractivity contribution is 6.99. The summed E-state index contributed by atoms with van der Waals surface area (Å²) in [4.78, 5) is 11.7. The predicted molar refractivity (Wildman–Crippen MR) is 59.4 cm³/mol. The molecule has 0 aliphatic rings. The van der Waals surface area contributed by atoms with Crippen LogP contribution in [0.5, 0.6) is 0 Å². The van der Waals surface area contributed by atoms with Gasteiger partial charge >= 0.3 is 0 Å². The van der Waals surface area contributed by atoms with Gasteiger partial charge in [-0.3, -0.25) is 4.79 Å². The van der Waals surface area contributed by atoms with Crippen molar-refractivity contribution in [2.45, 2.75) is 6.42 Å². The highest BCUT2D eigenvalue weighted by atomic mass is 35.5. The molecule has 2 aromatic rings. The average Bonchev–Trinajstić information content (AvgIpc) is 2.74. The Kier molecular flexibility index (Phi) is 3.08. The van der Waals surface area contributed by atoms with E-state index in [1.165, 1.54) is 6.20 Å². The van der Waals surface area contributed by atoms with E-state index in [4.69, 9.17) is 11.6 Å². The van der Waals surface area contributed by atoms with Crippen LogP contribution in [0.3, 0.4) is 0 Å². The number of carbonyl (C=O) groups is 1. The summed E-state index contributed by atoms with van der Waals surface area (Å²) in [7, 11) is 0. The lowest BCUT2D eigenvalue weighted by Gasteiger charge is -2.00. The van der Waals surface area contributed by atoms with Crippen LogP contribution in [-0.2, 0) is 6.42 Å². The molecule has 0 N–H and O–H groups in total. The van der Waals surface area contributed by atoms with Crippen LogP contribution in [0, 0.1) is 0 Å². The van der Waals surface area contributed by atoms with Gasteiger partial charge in [0.15, 0.2) is 5.78 Å². The predicted octanol–water partition coefficient (Wildman–Crippen LogP) is 2.62. The van der Waals surface area contributed by atoms with Crippen LogP contribution in [0.15, 0.2) is 30.5 Å². The van der Waals surface area contributed by atoms with Crippen molar-refractivity contribution in [3.63, 3.8) is 0 Å². The summed E-state index contributed by atoms with van der Waals surface area (Å²) < 4.78 is 7.66. The number of hydrogen-bond donors (Lipinski definition) is 0. The number of Topliss-reactive ketones (excluding diaryl/α,β-unsaturated/α-hetero) is 1. The summed E-state index contributed by atoms with van der Waals surface area (Å²) >= 11 is 6.97. The highest BCUT2D eigenvalue weighted by Gasteiger charge is 2.11. The van der Waals surface area contributed by atoms with Gasteiger partial charge in [-0.2, -0.15) is 8.75 Å². The first-order valence-corrected chi connectivity index (χ1v) is 5.42. The van der Waals surface area contributed by atoms with Gasteiger partial charge in [0, 0.05) is 11.4 Å². The number of aromatic nitrogens is 2. The van der Waals surface area contributed by atoms with Crippen LogP contribution >= 0.6 is 23.3 Å². The van der Waals surface area contributed by atoms with Crippen molar-refractivity contribution in [1.29, 1.82) is 0 Å². The maximum Gasteiger partial charge on any atom is 0.188 e. The summed E-state index contributed by atoms with van der Waals surface area (Å²) in [6.07, 6.45) is 1.74. The normalized spacial score (nSPS) is 10.2. The molecule has 1 aromatic carbocycles. The van der Waals surface area contributed by atoms with E-state index in [2.05, 4.69) is 8.75 Å². The van der Waals surface area contributed by atoms with E-state index in [0.717, 1.165) is 17.3 Å². The highest BCUT2D eigenvalue weighted by Crippen LogP contribution is 2.16. The van der Waals surface area contributed by atoms with Gasteiger partial charge in [0.1, 0.15) is 5.69 Å². The first-order chi connectivity index (χ1) is 7.27. The third-order valence-corrected chi connectivity index (χ3v) is 2.80. The monoisotopic (exact) mass is 238 g/mol. The summed E-state index contributed by atoms with van der Waals surface area (Å²) in [5.74, 6) is -0.0585. The van der Waals surface area contributed by atoms with Crippen LogP contribution in [0.4, 0.5) is 0 Å². The molecule has 0 unspecified atom stereocenters. The Morgan fingerprint density at radius 1 is 1.40 bits per heavy atom. The fraction of sp³-hybridized carbons (Fsp3) is 0.100. The van der Waals surface area contributed by atoms with Crippen molar-refractivity contribution in [2.75, 3.05) is 0 Å². The molecule has 0 saturated heterocycles. The van der Waals surface area contributed by atoms with Gasteiger partial charge in [0.25, 0.3) is 0 Å². The second-order valence-electron chi connectivity index (χ2n) is 2.98. The van der Waals surface area contributed by atoms with E-state index in [1.807, 2.05) is 18.2 Å². The lowest BCUT2D eigenvalue weighted by molar-refractivity contribution is 0.0989. The molecule has 0 aliphatic carbocycles. The SMILES string of the molecule is O=C(Cc1ccccc1Cl)c1cnsn1. The fourth-order valence-corrected chi connectivity index (χ4v) is 1.83. The minimum atomic E-state index is -0.0585. The zero-order valence-corrected chi connectivity index (χ0v) is 9.26. The van der Waals surface area contributed by atoms with Crippen LogP contribution in [0.2, 0.25) is 5.02 Å². The molecule has 2 rings (SSSR count). The Labute approximate surface area is 96.0 Å². The van der Waals surface area contributed by atoms with E-state index in [1.54, 1.807) is 6.07 Å². The van der Waals surface area contributed by atoms with E-state index >= 15 is 0 Å². The third kappa shape index (κ3) is 2.40. The van der Waals surface area contributed by atoms with Gasteiger partial charge < -0.3 is 0 Å². The van der Waals surface area contributed by atoms with Gasteiger partial charge in [-0.15, -0.1) is 0 Å². The molecule has 0 saturated carbocycles. The Balaban J connectivity index is 2.17.